The summed E-state index contributed by atoms with van der Waals surface area (Å²) in [7, 11) is 0. The van der Waals surface area contributed by atoms with Crippen molar-refractivity contribution in [2.75, 3.05) is 0 Å². The fourth-order valence-corrected chi connectivity index (χ4v) is 2.70. The standard InChI is InChI=1S/C12H8ClN3S/c13-10-2-1-9(17-10)8-3-6-15-11(16-8)12(7-14)4-5-12/h1-3,6H,4-5H2. The zero-order chi connectivity index (χ0) is 11.9. The molecule has 0 saturated heterocycles. The lowest BCUT2D eigenvalue weighted by Gasteiger charge is -2.04. The van der Waals surface area contributed by atoms with Crippen LogP contribution in [0.15, 0.2) is 24.4 Å². The van der Waals surface area contributed by atoms with E-state index in [2.05, 4.69) is 16.0 Å². The molecule has 5 heteroatoms. The molecule has 0 spiro atoms. The summed E-state index contributed by atoms with van der Waals surface area (Å²) in [4.78, 5) is 9.70. The van der Waals surface area contributed by atoms with Crippen LogP contribution in [-0.4, -0.2) is 9.97 Å². The van der Waals surface area contributed by atoms with Crippen LogP contribution in [0.3, 0.4) is 0 Å². The molecule has 2 aromatic rings. The number of halogens is 1. The summed E-state index contributed by atoms with van der Waals surface area (Å²) < 4.78 is 0.738. The van der Waals surface area contributed by atoms with E-state index in [1.807, 2.05) is 18.2 Å². The number of thiophene rings is 1. The number of nitriles is 1. The average molecular weight is 262 g/mol. The molecule has 1 aliphatic carbocycles. The van der Waals surface area contributed by atoms with Gasteiger partial charge in [0.1, 0.15) is 11.2 Å². The van der Waals surface area contributed by atoms with E-state index in [0.717, 1.165) is 27.7 Å². The summed E-state index contributed by atoms with van der Waals surface area (Å²) in [5, 5.41) is 9.13. The predicted octanol–water partition coefficient (Wildman–Crippen LogP) is 3.41. The van der Waals surface area contributed by atoms with Gasteiger partial charge in [0.25, 0.3) is 0 Å². The van der Waals surface area contributed by atoms with Crippen molar-refractivity contribution in [2.45, 2.75) is 18.3 Å². The maximum absolute atomic E-state index is 9.13. The van der Waals surface area contributed by atoms with Crippen LogP contribution in [0.1, 0.15) is 18.7 Å². The molecule has 17 heavy (non-hydrogen) atoms. The third-order valence-electron chi connectivity index (χ3n) is 2.87. The van der Waals surface area contributed by atoms with Gasteiger partial charge in [0.15, 0.2) is 0 Å². The smallest absolute Gasteiger partial charge is 0.149 e. The third-order valence-corrected chi connectivity index (χ3v) is 4.13. The van der Waals surface area contributed by atoms with Crippen LogP contribution in [0.2, 0.25) is 4.34 Å². The summed E-state index contributed by atoms with van der Waals surface area (Å²) >= 11 is 7.38. The van der Waals surface area contributed by atoms with Gasteiger partial charge in [0.05, 0.1) is 21.0 Å². The van der Waals surface area contributed by atoms with Crippen molar-refractivity contribution in [3.05, 3.63) is 34.6 Å². The first-order chi connectivity index (χ1) is 8.23. The van der Waals surface area contributed by atoms with Crippen molar-refractivity contribution in [3.8, 4) is 16.6 Å². The molecule has 0 amide bonds. The Kier molecular flexibility index (Phi) is 2.39. The van der Waals surface area contributed by atoms with Gasteiger partial charge in [-0.3, -0.25) is 0 Å². The molecule has 0 aliphatic heterocycles. The van der Waals surface area contributed by atoms with Gasteiger partial charge in [-0.25, -0.2) is 9.97 Å². The topological polar surface area (TPSA) is 49.6 Å². The van der Waals surface area contributed by atoms with Gasteiger partial charge in [0.2, 0.25) is 0 Å². The molecule has 0 aromatic carbocycles. The molecular formula is C12H8ClN3S. The second-order valence-corrected chi connectivity index (χ2v) is 5.78. The number of hydrogen-bond donors (Lipinski definition) is 0. The highest BCUT2D eigenvalue weighted by Crippen LogP contribution is 2.46. The van der Waals surface area contributed by atoms with Crippen molar-refractivity contribution in [1.82, 2.24) is 9.97 Å². The van der Waals surface area contributed by atoms with Crippen LogP contribution in [0.4, 0.5) is 0 Å². The SMILES string of the molecule is N#CC1(c2nccc(-c3ccc(Cl)s3)n2)CC1. The lowest BCUT2D eigenvalue weighted by Crippen LogP contribution is -2.08. The Balaban J connectivity index is 2.03. The predicted molar refractivity (Wildman–Crippen MR) is 66.9 cm³/mol. The van der Waals surface area contributed by atoms with Crippen LogP contribution in [0.25, 0.3) is 10.6 Å². The molecule has 1 saturated carbocycles. The van der Waals surface area contributed by atoms with Gasteiger partial charge in [-0.05, 0) is 31.0 Å². The highest BCUT2D eigenvalue weighted by atomic mass is 35.5. The minimum absolute atomic E-state index is 0.433. The fraction of sp³-hybridized carbons (Fsp3) is 0.250. The van der Waals surface area contributed by atoms with E-state index in [9.17, 15) is 0 Å². The highest BCUT2D eigenvalue weighted by molar-refractivity contribution is 7.19. The van der Waals surface area contributed by atoms with Crippen LogP contribution >= 0.6 is 22.9 Å². The lowest BCUT2D eigenvalue weighted by molar-refractivity contribution is 0.799. The van der Waals surface area contributed by atoms with E-state index >= 15 is 0 Å². The summed E-state index contributed by atoms with van der Waals surface area (Å²) in [6.07, 6.45) is 3.43. The maximum atomic E-state index is 9.13. The Morgan fingerprint density at radius 3 is 2.76 bits per heavy atom. The lowest BCUT2D eigenvalue weighted by atomic mass is 10.1. The fourth-order valence-electron chi connectivity index (χ4n) is 1.69. The molecule has 3 nitrogen and oxygen atoms in total. The highest BCUT2D eigenvalue weighted by Gasteiger charge is 2.47. The molecule has 2 aromatic heterocycles. The molecule has 3 rings (SSSR count). The first-order valence-electron chi connectivity index (χ1n) is 5.24. The van der Waals surface area contributed by atoms with E-state index in [0.29, 0.717) is 5.82 Å². The van der Waals surface area contributed by atoms with E-state index in [1.54, 1.807) is 6.20 Å². The van der Waals surface area contributed by atoms with E-state index in [4.69, 9.17) is 16.9 Å². The first kappa shape index (κ1) is 10.7. The second kappa shape index (κ2) is 3.80. The quantitative estimate of drug-likeness (QED) is 0.832. The molecular weight excluding hydrogens is 254 g/mol. The second-order valence-electron chi connectivity index (χ2n) is 4.06. The Labute approximate surface area is 108 Å². The van der Waals surface area contributed by atoms with E-state index in [-0.39, 0.29) is 0 Å². The van der Waals surface area contributed by atoms with Gasteiger partial charge in [0, 0.05) is 6.20 Å². The largest absolute Gasteiger partial charge is 0.240 e. The number of hydrogen-bond acceptors (Lipinski definition) is 4. The zero-order valence-corrected chi connectivity index (χ0v) is 10.4. The minimum Gasteiger partial charge on any atom is -0.240 e. The van der Waals surface area contributed by atoms with Crippen LogP contribution in [-0.2, 0) is 5.41 Å². The molecule has 84 valence electrons. The summed E-state index contributed by atoms with van der Waals surface area (Å²) in [6, 6.07) is 7.93. The van der Waals surface area contributed by atoms with Crippen LogP contribution < -0.4 is 0 Å². The van der Waals surface area contributed by atoms with E-state index in [1.165, 1.54) is 11.3 Å². The van der Waals surface area contributed by atoms with Crippen LogP contribution in [0.5, 0.6) is 0 Å². The Hall–Kier alpha value is -1.44. The van der Waals surface area contributed by atoms with Gasteiger partial charge in [-0.2, -0.15) is 5.26 Å². The van der Waals surface area contributed by atoms with Crippen molar-refractivity contribution < 1.29 is 0 Å². The van der Waals surface area contributed by atoms with Gasteiger partial charge in [-0.1, -0.05) is 11.6 Å². The normalized spacial score (nSPS) is 16.5. The summed E-state index contributed by atoms with van der Waals surface area (Å²) in [6.45, 7) is 0. The van der Waals surface area contributed by atoms with Crippen LogP contribution in [0, 0.1) is 11.3 Å². The van der Waals surface area contributed by atoms with Crippen molar-refractivity contribution in [2.24, 2.45) is 0 Å². The molecule has 0 N–H and O–H groups in total. The Bertz CT molecular complexity index is 610. The molecule has 2 heterocycles. The Morgan fingerprint density at radius 2 is 2.18 bits per heavy atom. The molecule has 1 fully saturated rings. The van der Waals surface area contributed by atoms with Gasteiger partial charge in [-0.15, -0.1) is 11.3 Å². The monoisotopic (exact) mass is 261 g/mol. The van der Waals surface area contributed by atoms with Crippen molar-refractivity contribution in [1.29, 1.82) is 5.26 Å². The Morgan fingerprint density at radius 1 is 1.35 bits per heavy atom. The maximum Gasteiger partial charge on any atom is 0.149 e. The molecule has 0 atom stereocenters. The number of aromatic nitrogens is 2. The van der Waals surface area contributed by atoms with Gasteiger partial charge >= 0.3 is 0 Å². The molecule has 0 radical (unpaired) electrons. The third kappa shape index (κ3) is 1.82. The first-order valence-corrected chi connectivity index (χ1v) is 6.43. The summed E-state index contributed by atoms with van der Waals surface area (Å²) in [5.74, 6) is 0.641. The molecule has 0 bridgehead atoms. The molecule has 0 unspecified atom stereocenters. The van der Waals surface area contributed by atoms with Crippen molar-refractivity contribution in [3.63, 3.8) is 0 Å². The minimum atomic E-state index is -0.433. The zero-order valence-electron chi connectivity index (χ0n) is 8.85. The number of rotatable bonds is 2. The molecule has 1 aliphatic rings. The summed E-state index contributed by atoms with van der Waals surface area (Å²) in [5.41, 5.74) is 0.408. The average Bonchev–Trinajstić information content (AvgIpc) is 3.06. The number of nitrogens with zero attached hydrogens (tertiary/aromatic N) is 3. The van der Waals surface area contributed by atoms with Gasteiger partial charge < -0.3 is 0 Å². The van der Waals surface area contributed by atoms with Crippen molar-refractivity contribution >= 4 is 22.9 Å². The van der Waals surface area contributed by atoms with E-state index < -0.39 is 5.41 Å².